The van der Waals surface area contributed by atoms with Crippen LogP contribution in [0.3, 0.4) is 0 Å². The first kappa shape index (κ1) is 20.3. The number of ether oxygens (including phenoxy) is 2. The predicted molar refractivity (Wildman–Crippen MR) is 79.2 cm³/mol. The molecule has 12 heteroatoms. The first-order valence-corrected chi connectivity index (χ1v) is 7.65. The number of nitrogens with one attached hydrogen (secondary N) is 1. The SMILES string of the molecule is CCOC(=O)c1cnc(C(F)(F)F)nc1N[C@H]1CO[C@H](CO)[C@H](O)[C@@H]1O. The van der Waals surface area contributed by atoms with Crippen LogP contribution in [0.15, 0.2) is 6.20 Å². The Morgan fingerprint density at radius 1 is 1.42 bits per heavy atom. The van der Waals surface area contributed by atoms with Gasteiger partial charge in [0.25, 0.3) is 0 Å². The largest absolute Gasteiger partial charge is 0.462 e. The van der Waals surface area contributed by atoms with Crippen molar-refractivity contribution in [1.29, 1.82) is 0 Å². The third-order valence-corrected chi connectivity index (χ3v) is 3.67. The van der Waals surface area contributed by atoms with Crippen LogP contribution >= 0.6 is 0 Å². The monoisotopic (exact) mass is 381 g/mol. The van der Waals surface area contributed by atoms with E-state index in [9.17, 15) is 28.2 Å². The molecule has 26 heavy (non-hydrogen) atoms. The van der Waals surface area contributed by atoms with Crippen LogP contribution in [0, 0.1) is 0 Å². The minimum Gasteiger partial charge on any atom is -0.462 e. The lowest BCUT2D eigenvalue weighted by Gasteiger charge is -2.37. The van der Waals surface area contributed by atoms with Crippen LogP contribution in [0.4, 0.5) is 19.0 Å². The van der Waals surface area contributed by atoms with Gasteiger partial charge in [0.1, 0.15) is 29.7 Å². The number of rotatable bonds is 5. The quantitative estimate of drug-likeness (QED) is 0.501. The van der Waals surface area contributed by atoms with Gasteiger partial charge in [0.15, 0.2) is 0 Å². The van der Waals surface area contributed by atoms with Gasteiger partial charge in [0.2, 0.25) is 5.82 Å². The molecule has 0 spiro atoms. The lowest BCUT2D eigenvalue weighted by molar-refractivity contribution is -0.152. The van der Waals surface area contributed by atoms with E-state index in [-0.39, 0.29) is 18.8 Å². The number of alkyl halides is 3. The van der Waals surface area contributed by atoms with Crippen LogP contribution in [0.2, 0.25) is 0 Å². The van der Waals surface area contributed by atoms with E-state index < -0.39 is 54.7 Å². The number of aliphatic hydroxyl groups is 3. The normalized spacial score (nSPS) is 26.4. The van der Waals surface area contributed by atoms with E-state index in [0.29, 0.717) is 6.20 Å². The van der Waals surface area contributed by atoms with E-state index in [4.69, 9.17) is 14.6 Å². The number of aliphatic hydroxyl groups excluding tert-OH is 3. The second kappa shape index (κ2) is 8.12. The molecule has 0 aromatic carbocycles. The lowest BCUT2D eigenvalue weighted by Crippen LogP contribution is -2.56. The summed E-state index contributed by atoms with van der Waals surface area (Å²) in [6.45, 7) is 0.688. The molecule has 2 heterocycles. The molecule has 0 bridgehead atoms. The van der Waals surface area contributed by atoms with Gasteiger partial charge >= 0.3 is 12.1 Å². The fraction of sp³-hybridized carbons (Fsp3) is 0.643. The number of carbonyl (C=O) groups is 1. The molecule has 4 N–H and O–H groups in total. The Hall–Kier alpha value is -2.02. The summed E-state index contributed by atoms with van der Waals surface area (Å²) in [5, 5.41) is 31.4. The maximum absolute atomic E-state index is 12.9. The Kier molecular flexibility index (Phi) is 6.34. The first-order valence-electron chi connectivity index (χ1n) is 7.65. The van der Waals surface area contributed by atoms with Crippen LogP contribution in [0.25, 0.3) is 0 Å². The summed E-state index contributed by atoms with van der Waals surface area (Å²) in [6.07, 6.45) is -8.20. The van der Waals surface area contributed by atoms with Crippen LogP contribution in [0.5, 0.6) is 0 Å². The van der Waals surface area contributed by atoms with E-state index in [2.05, 4.69) is 15.3 Å². The second-order valence-corrected chi connectivity index (χ2v) is 5.46. The highest BCUT2D eigenvalue weighted by Crippen LogP contribution is 2.28. The third kappa shape index (κ3) is 4.38. The minimum atomic E-state index is -4.85. The first-order chi connectivity index (χ1) is 12.2. The van der Waals surface area contributed by atoms with Gasteiger partial charge in [-0.25, -0.2) is 14.8 Å². The summed E-state index contributed by atoms with van der Waals surface area (Å²) in [5.41, 5.74) is -0.370. The minimum absolute atomic E-state index is 0.0225. The van der Waals surface area contributed by atoms with Crippen molar-refractivity contribution in [2.75, 3.05) is 25.1 Å². The van der Waals surface area contributed by atoms with E-state index in [0.717, 1.165) is 0 Å². The molecule has 1 fully saturated rings. The van der Waals surface area contributed by atoms with Crippen molar-refractivity contribution < 1.29 is 42.8 Å². The highest BCUT2D eigenvalue weighted by Gasteiger charge is 2.40. The molecule has 146 valence electrons. The highest BCUT2D eigenvalue weighted by atomic mass is 19.4. The summed E-state index contributed by atoms with van der Waals surface area (Å²) >= 11 is 0. The van der Waals surface area contributed by atoms with Gasteiger partial charge in [0, 0.05) is 6.20 Å². The van der Waals surface area contributed by atoms with Crippen molar-refractivity contribution in [3.63, 3.8) is 0 Å². The second-order valence-electron chi connectivity index (χ2n) is 5.46. The number of hydrogen-bond acceptors (Lipinski definition) is 9. The van der Waals surface area contributed by atoms with E-state index in [1.54, 1.807) is 0 Å². The van der Waals surface area contributed by atoms with Crippen molar-refractivity contribution in [1.82, 2.24) is 9.97 Å². The molecule has 2 rings (SSSR count). The molecule has 4 atom stereocenters. The van der Waals surface area contributed by atoms with Gasteiger partial charge < -0.3 is 30.1 Å². The topological polar surface area (TPSA) is 134 Å². The molecule has 0 aliphatic carbocycles. The van der Waals surface area contributed by atoms with Gasteiger partial charge in [-0.2, -0.15) is 13.2 Å². The number of esters is 1. The number of anilines is 1. The van der Waals surface area contributed by atoms with Crippen molar-refractivity contribution in [3.05, 3.63) is 17.6 Å². The maximum Gasteiger partial charge on any atom is 0.451 e. The number of aromatic nitrogens is 2. The smallest absolute Gasteiger partial charge is 0.451 e. The molecule has 0 unspecified atom stereocenters. The summed E-state index contributed by atoms with van der Waals surface area (Å²) in [4.78, 5) is 18.3. The fourth-order valence-electron chi connectivity index (χ4n) is 2.33. The van der Waals surface area contributed by atoms with Gasteiger partial charge in [-0.1, -0.05) is 0 Å². The van der Waals surface area contributed by atoms with Crippen LogP contribution < -0.4 is 5.32 Å². The third-order valence-electron chi connectivity index (χ3n) is 3.67. The number of halogens is 3. The van der Waals surface area contributed by atoms with Crippen LogP contribution in [-0.4, -0.2) is 75.4 Å². The Morgan fingerprint density at radius 3 is 2.69 bits per heavy atom. The molecular weight excluding hydrogens is 363 g/mol. The molecule has 1 aromatic heterocycles. The molecule has 1 aliphatic heterocycles. The Bertz CT molecular complexity index is 645. The highest BCUT2D eigenvalue weighted by molar-refractivity contribution is 5.94. The van der Waals surface area contributed by atoms with Gasteiger partial charge in [-0.3, -0.25) is 0 Å². The summed E-state index contributed by atoms with van der Waals surface area (Å²) < 4.78 is 48.4. The summed E-state index contributed by atoms with van der Waals surface area (Å²) in [6, 6.07) is -1.09. The zero-order valence-corrected chi connectivity index (χ0v) is 13.6. The van der Waals surface area contributed by atoms with Crippen LogP contribution in [0.1, 0.15) is 23.1 Å². The number of hydrogen-bond donors (Lipinski definition) is 4. The average molecular weight is 381 g/mol. The Labute approximate surface area is 145 Å². The zero-order chi connectivity index (χ0) is 19.5. The predicted octanol–water partition coefficient (Wildman–Crippen LogP) is -0.435. The van der Waals surface area contributed by atoms with Crippen molar-refractivity contribution in [3.8, 4) is 0 Å². The molecule has 0 saturated carbocycles. The maximum atomic E-state index is 12.9. The standard InChI is InChI=1S/C14H18F3N3O6/c1-2-25-12(24)6-3-18-13(14(15,16)17)20-11(6)19-7-5-26-8(4-21)10(23)9(7)22/h3,7-10,21-23H,2,4-5H2,1H3,(H,18,19,20)/t7-,8+,9+,10-/m0/s1. The Balaban J connectivity index is 2.32. The molecule has 1 aromatic rings. The van der Waals surface area contributed by atoms with Crippen molar-refractivity contribution in [2.45, 2.75) is 37.5 Å². The van der Waals surface area contributed by atoms with Crippen molar-refractivity contribution in [2.24, 2.45) is 0 Å². The van der Waals surface area contributed by atoms with Gasteiger partial charge in [0.05, 0.1) is 25.9 Å². The molecule has 9 nitrogen and oxygen atoms in total. The Morgan fingerprint density at radius 2 is 2.12 bits per heavy atom. The van der Waals surface area contributed by atoms with Gasteiger partial charge in [-0.15, -0.1) is 0 Å². The molecule has 1 aliphatic rings. The number of carbonyl (C=O) groups excluding carboxylic acids is 1. The molecule has 1 saturated heterocycles. The van der Waals surface area contributed by atoms with E-state index >= 15 is 0 Å². The number of nitrogens with zero attached hydrogens (tertiary/aromatic N) is 2. The molecular formula is C14H18F3N3O6. The summed E-state index contributed by atoms with van der Waals surface area (Å²) in [7, 11) is 0. The zero-order valence-electron chi connectivity index (χ0n) is 13.6. The van der Waals surface area contributed by atoms with Crippen LogP contribution in [-0.2, 0) is 15.7 Å². The summed E-state index contributed by atoms with van der Waals surface area (Å²) in [5.74, 6) is -2.97. The van der Waals surface area contributed by atoms with Gasteiger partial charge in [-0.05, 0) is 6.92 Å². The van der Waals surface area contributed by atoms with E-state index in [1.807, 2.05) is 0 Å². The fourth-order valence-corrected chi connectivity index (χ4v) is 2.33. The van der Waals surface area contributed by atoms with Crippen molar-refractivity contribution >= 4 is 11.8 Å². The average Bonchev–Trinajstić information content (AvgIpc) is 2.58. The lowest BCUT2D eigenvalue weighted by atomic mass is 9.98. The molecule has 0 amide bonds. The molecule has 0 radical (unpaired) electrons. The van der Waals surface area contributed by atoms with E-state index in [1.165, 1.54) is 6.92 Å².